The Morgan fingerprint density at radius 2 is 1.55 bits per heavy atom. The molecule has 0 saturated heterocycles. The maximum Gasteiger partial charge on any atom is 0.416 e. The molecule has 0 radical (unpaired) electrons. The molecule has 2 N–H and O–H groups in total. The van der Waals surface area contributed by atoms with Gasteiger partial charge in [0.1, 0.15) is 5.56 Å². The normalized spacial score (nSPS) is 11.2. The number of amides is 2. The van der Waals surface area contributed by atoms with Crippen molar-refractivity contribution in [3.05, 3.63) is 75.9 Å². The molecule has 0 saturated carbocycles. The Hall–Kier alpha value is -3.33. The average Bonchev–Trinajstić information content (AvgIpc) is 3.07. The van der Waals surface area contributed by atoms with Crippen LogP contribution in [0.25, 0.3) is 11.3 Å². The molecule has 1 heterocycles. The highest BCUT2D eigenvalue weighted by molar-refractivity contribution is 6.30. The van der Waals surface area contributed by atoms with Crippen LogP contribution in [0.15, 0.2) is 53.1 Å². The molecule has 0 atom stereocenters. The predicted molar refractivity (Wildman–Crippen MR) is 98.1 cm³/mol. The van der Waals surface area contributed by atoms with Crippen molar-refractivity contribution >= 4 is 23.4 Å². The zero-order chi connectivity index (χ0) is 21.2. The zero-order valence-corrected chi connectivity index (χ0v) is 15.6. The van der Waals surface area contributed by atoms with Gasteiger partial charge in [-0.25, -0.2) is 0 Å². The summed E-state index contributed by atoms with van der Waals surface area (Å²) < 4.78 is 43.0. The maximum absolute atomic E-state index is 12.6. The van der Waals surface area contributed by atoms with Crippen molar-refractivity contribution in [3.8, 4) is 11.3 Å². The van der Waals surface area contributed by atoms with Crippen LogP contribution in [0.3, 0.4) is 0 Å². The Balaban J connectivity index is 1.72. The summed E-state index contributed by atoms with van der Waals surface area (Å²) >= 11 is 5.85. The molecule has 0 bridgehead atoms. The Morgan fingerprint density at radius 3 is 2.14 bits per heavy atom. The lowest BCUT2D eigenvalue weighted by Gasteiger charge is -2.09. The number of rotatable bonds is 3. The monoisotopic (exact) mass is 423 g/mol. The molecule has 3 rings (SSSR count). The van der Waals surface area contributed by atoms with E-state index in [-0.39, 0.29) is 22.6 Å². The fourth-order valence-electron chi connectivity index (χ4n) is 2.49. The first kappa shape index (κ1) is 20.4. The van der Waals surface area contributed by atoms with E-state index in [1.54, 1.807) is 31.2 Å². The SMILES string of the molecule is Cc1noc(-c2ccc(Cl)cc2)c1C(=O)NNC(=O)c1ccc(C(F)(F)F)cc1. The number of hydrogen-bond donors (Lipinski definition) is 2. The summed E-state index contributed by atoms with van der Waals surface area (Å²) in [5.74, 6) is -1.30. The summed E-state index contributed by atoms with van der Waals surface area (Å²) in [7, 11) is 0. The predicted octanol–water partition coefficient (Wildman–Crippen LogP) is 4.40. The number of carbonyl (C=O) groups excluding carboxylic acids is 2. The topological polar surface area (TPSA) is 84.2 Å². The van der Waals surface area contributed by atoms with Crippen LogP contribution >= 0.6 is 11.6 Å². The van der Waals surface area contributed by atoms with E-state index in [9.17, 15) is 22.8 Å². The van der Waals surface area contributed by atoms with Crippen LogP contribution in [0.1, 0.15) is 32.0 Å². The van der Waals surface area contributed by atoms with Crippen molar-refractivity contribution in [3.63, 3.8) is 0 Å². The number of carbonyl (C=O) groups is 2. The van der Waals surface area contributed by atoms with Gasteiger partial charge in [-0.15, -0.1) is 0 Å². The fraction of sp³-hybridized carbons (Fsp3) is 0.105. The van der Waals surface area contributed by atoms with Crippen molar-refractivity contribution in [2.24, 2.45) is 0 Å². The number of halogens is 4. The first-order chi connectivity index (χ1) is 13.7. The number of aromatic nitrogens is 1. The van der Waals surface area contributed by atoms with E-state index in [0.717, 1.165) is 24.3 Å². The molecule has 3 aromatic rings. The minimum absolute atomic E-state index is 0.0572. The average molecular weight is 424 g/mol. The molecule has 29 heavy (non-hydrogen) atoms. The fourth-order valence-corrected chi connectivity index (χ4v) is 2.62. The molecule has 2 amide bonds. The quantitative estimate of drug-likeness (QED) is 0.612. The Morgan fingerprint density at radius 1 is 0.966 bits per heavy atom. The van der Waals surface area contributed by atoms with E-state index < -0.39 is 23.6 Å². The summed E-state index contributed by atoms with van der Waals surface area (Å²) in [6.07, 6.45) is -4.51. The van der Waals surface area contributed by atoms with Crippen molar-refractivity contribution in [1.82, 2.24) is 16.0 Å². The molecular formula is C19H13ClF3N3O3. The summed E-state index contributed by atoms with van der Waals surface area (Å²) in [5.41, 5.74) is 4.35. The van der Waals surface area contributed by atoms with Gasteiger partial charge in [-0.2, -0.15) is 13.2 Å². The van der Waals surface area contributed by atoms with Crippen LogP contribution in [0.2, 0.25) is 5.02 Å². The summed E-state index contributed by atoms with van der Waals surface area (Å²) in [5, 5.41) is 4.27. The number of hydrazine groups is 1. The third-order valence-electron chi connectivity index (χ3n) is 3.96. The van der Waals surface area contributed by atoms with Gasteiger partial charge in [0.25, 0.3) is 11.8 Å². The van der Waals surface area contributed by atoms with Gasteiger partial charge in [-0.1, -0.05) is 16.8 Å². The van der Waals surface area contributed by atoms with Crippen LogP contribution in [0.4, 0.5) is 13.2 Å². The van der Waals surface area contributed by atoms with Gasteiger partial charge < -0.3 is 4.52 Å². The van der Waals surface area contributed by atoms with Crippen molar-refractivity contribution in [1.29, 1.82) is 0 Å². The molecule has 2 aromatic carbocycles. The minimum Gasteiger partial charge on any atom is -0.355 e. The number of aryl methyl sites for hydroxylation is 1. The highest BCUT2D eigenvalue weighted by atomic mass is 35.5. The van der Waals surface area contributed by atoms with Gasteiger partial charge in [0.2, 0.25) is 0 Å². The van der Waals surface area contributed by atoms with Crippen molar-refractivity contribution < 1.29 is 27.3 Å². The second-order valence-corrected chi connectivity index (χ2v) is 6.40. The van der Waals surface area contributed by atoms with Gasteiger partial charge in [-0.3, -0.25) is 20.4 Å². The van der Waals surface area contributed by atoms with E-state index in [1.807, 2.05) is 0 Å². The lowest BCUT2D eigenvalue weighted by Crippen LogP contribution is -2.41. The molecule has 0 fully saturated rings. The molecular weight excluding hydrogens is 411 g/mol. The number of benzene rings is 2. The highest BCUT2D eigenvalue weighted by Gasteiger charge is 2.30. The first-order valence-electron chi connectivity index (χ1n) is 8.17. The third kappa shape index (κ3) is 4.57. The van der Waals surface area contributed by atoms with E-state index in [0.29, 0.717) is 10.6 Å². The standard InChI is InChI=1S/C19H13ClF3N3O3/c1-10-15(16(29-26-10)11-4-8-14(20)9-5-11)18(28)25-24-17(27)12-2-6-13(7-3-12)19(21,22)23/h2-9H,1H3,(H,24,27)(H,25,28). The second kappa shape index (κ2) is 7.96. The molecule has 0 aliphatic heterocycles. The lowest BCUT2D eigenvalue weighted by molar-refractivity contribution is -0.137. The molecule has 1 aromatic heterocycles. The molecule has 0 spiro atoms. The largest absolute Gasteiger partial charge is 0.416 e. The maximum atomic E-state index is 12.6. The van der Waals surface area contributed by atoms with Gasteiger partial charge in [0.15, 0.2) is 5.76 Å². The first-order valence-corrected chi connectivity index (χ1v) is 8.55. The number of nitrogens with one attached hydrogen (secondary N) is 2. The van der Waals surface area contributed by atoms with Crippen LogP contribution < -0.4 is 10.9 Å². The van der Waals surface area contributed by atoms with Gasteiger partial charge >= 0.3 is 6.18 Å². The number of alkyl halides is 3. The van der Waals surface area contributed by atoms with Crippen molar-refractivity contribution in [2.75, 3.05) is 0 Å². The van der Waals surface area contributed by atoms with Crippen LogP contribution in [-0.4, -0.2) is 17.0 Å². The summed E-state index contributed by atoms with van der Waals surface area (Å²) in [6.45, 7) is 1.55. The van der Waals surface area contributed by atoms with Gasteiger partial charge in [0.05, 0.1) is 11.3 Å². The molecule has 0 aliphatic carbocycles. The Kier molecular flexibility index (Phi) is 5.60. The van der Waals surface area contributed by atoms with E-state index in [2.05, 4.69) is 16.0 Å². The molecule has 10 heteroatoms. The number of nitrogens with zero attached hydrogens (tertiary/aromatic N) is 1. The van der Waals surface area contributed by atoms with Gasteiger partial charge in [0, 0.05) is 16.1 Å². The van der Waals surface area contributed by atoms with Crippen LogP contribution in [0.5, 0.6) is 0 Å². The molecule has 150 valence electrons. The van der Waals surface area contributed by atoms with E-state index in [1.165, 1.54) is 0 Å². The van der Waals surface area contributed by atoms with Crippen molar-refractivity contribution in [2.45, 2.75) is 13.1 Å². The second-order valence-electron chi connectivity index (χ2n) is 5.96. The zero-order valence-electron chi connectivity index (χ0n) is 14.8. The van der Waals surface area contributed by atoms with Crippen LogP contribution in [0, 0.1) is 6.92 Å². The Labute approximate surface area is 167 Å². The third-order valence-corrected chi connectivity index (χ3v) is 4.21. The summed E-state index contributed by atoms with van der Waals surface area (Å²) in [4.78, 5) is 24.6. The minimum atomic E-state index is -4.51. The van der Waals surface area contributed by atoms with Crippen LogP contribution in [-0.2, 0) is 6.18 Å². The highest BCUT2D eigenvalue weighted by Crippen LogP contribution is 2.29. The smallest absolute Gasteiger partial charge is 0.355 e. The Bertz CT molecular complexity index is 1050. The summed E-state index contributed by atoms with van der Waals surface area (Å²) in [6, 6.07) is 10.1. The lowest BCUT2D eigenvalue weighted by atomic mass is 10.1. The number of hydrogen-bond acceptors (Lipinski definition) is 4. The molecule has 0 aliphatic rings. The van der Waals surface area contributed by atoms with E-state index >= 15 is 0 Å². The van der Waals surface area contributed by atoms with Gasteiger partial charge in [-0.05, 0) is 55.5 Å². The molecule has 0 unspecified atom stereocenters. The van der Waals surface area contributed by atoms with E-state index in [4.69, 9.17) is 16.1 Å². The molecule has 6 nitrogen and oxygen atoms in total.